The molecule has 1 amide bonds. The van der Waals surface area contributed by atoms with Crippen LogP contribution >= 0.6 is 11.3 Å². The molecule has 0 saturated heterocycles. The van der Waals surface area contributed by atoms with Crippen LogP contribution in [0.2, 0.25) is 0 Å². The SMILES string of the molecule is C=CCN(Cc1ccccc1F)C(=O)COc1ccc(N(C)S(=O)(=O)c2cccs2)cc1. The zero-order chi connectivity index (χ0) is 23.1. The minimum atomic E-state index is -3.63. The van der Waals surface area contributed by atoms with E-state index in [1.807, 2.05) is 0 Å². The molecule has 6 nitrogen and oxygen atoms in total. The summed E-state index contributed by atoms with van der Waals surface area (Å²) >= 11 is 1.15. The number of hydrogen-bond donors (Lipinski definition) is 0. The second kappa shape index (κ2) is 10.4. The number of thiophene rings is 1. The van der Waals surface area contributed by atoms with Crippen molar-refractivity contribution in [3.63, 3.8) is 0 Å². The number of amides is 1. The number of sulfonamides is 1. The van der Waals surface area contributed by atoms with E-state index >= 15 is 0 Å². The van der Waals surface area contributed by atoms with E-state index in [9.17, 15) is 17.6 Å². The van der Waals surface area contributed by atoms with Gasteiger partial charge in [0.1, 0.15) is 15.8 Å². The molecule has 0 atom stereocenters. The molecule has 2 aromatic carbocycles. The van der Waals surface area contributed by atoms with Gasteiger partial charge < -0.3 is 9.64 Å². The average molecular weight is 475 g/mol. The molecule has 0 aliphatic carbocycles. The van der Waals surface area contributed by atoms with E-state index in [1.54, 1.807) is 66.1 Å². The van der Waals surface area contributed by atoms with Gasteiger partial charge in [-0.15, -0.1) is 17.9 Å². The van der Waals surface area contributed by atoms with Gasteiger partial charge in [0, 0.05) is 25.7 Å². The zero-order valence-electron chi connectivity index (χ0n) is 17.5. The minimum absolute atomic E-state index is 0.102. The van der Waals surface area contributed by atoms with Crippen LogP contribution in [0.3, 0.4) is 0 Å². The number of ether oxygens (including phenoxy) is 1. The Balaban J connectivity index is 1.63. The summed E-state index contributed by atoms with van der Waals surface area (Å²) < 4.78 is 46.2. The number of rotatable bonds is 10. The van der Waals surface area contributed by atoms with Gasteiger partial charge in [0.25, 0.3) is 15.9 Å². The smallest absolute Gasteiger partial charge is 0.273 e. The van der Waals surface area contributed by atoms with Crippen molar-refractivity contribution in [2.75, 3.05) is 24.5 Å². The fraction of sp³-hybridized carbons (Fsp3) is 0.174. The predicted octanol–water partition coefficient (Wildman–Crippen LogP) is 4.31. The number of anilines is 1. The van der Waals surface area contributed by atoms with Crippen molar-refractivity contribution < 1.29 is 22.3 Å². The highest BCUT2D eigenvalue weighted by Crippen LogP contribution is 2.26. The van der Waals surface area contributed by atoms with Crippen LogP contribution in [0.4, 0.5) is 10.1 Å². The molecule has 3 rings (SSSR count). The summed E-state index contributed by atoms with van der Waals surface area (Å²) in [5.41, 5.74) is 0.868. The lowest BCUT2D eigenvalue weighted by Crippen LogP contribution is -2.34. The van der Waals surface area contributed by atoms with Crippen LogP contribution in [0.15, 0.2) is 82.9 Å². The van der Waals surface area contributed by atoms with Crippen molar-refractivity contribution in [1.29, 1.82) is 0 Å². The van der Waals surface area contributed by atoms with Crippen LogP contribution in [-0.4, -0.2) is 39.4 Å². The van der Waals surface area contributed by atoms with Crippen molar-refractivity contribution in [3.05, 3.63) is 90.1 Å². The average Bonchev–Trinajstić information content (AvgIpc) is 3.34. The highest BCUT2D eigenvalue weighted by molar-refractivity contribution is 7.94. The lowest BCUT2D eigenvalue weighted by molar-refractivity contribution is -0.133. The molecule has 168 valence electrons. The molecular weight excluding hydrogens is 451 g/mol. The first-order chi connectivity index (χ1) is 15.3. The van der Waals surface area contributed by atoms with Crippen LogP contribution in [0.1, 0.15) is 5.56 Å². The molecule has 0 bridgehead atoms. The quantitative estimate of drug-likeness (QED) is 0.411. The van der Waals surface area contributed by atoms with Gasteiger partial charge in [0.15, 0.2) is 6.61 Å². The molecule has 3 aromatic rings. The van der Waals surface area contributed by atoms with Gasteiger partial charge in [0.2, 0.25) is 0 Å². The summed E-state index contributed by atoms with van der Waals surface area (Å²) in [6, 6.07) is 15.9. The topological polar surface area (TPSA) is 66.9 Å². The largest absolute Gasteiger partial charge is 0.484 e. The van der Waals surface area contributed by atoms with E-state index in [-0.39, 0.29) is 35.6 Å². The Morgan fingerprint density at radius 1 is 1.12 bits per heavy atom. The summed E-state index contributed by atoms with van der Waals surface area (Å²) in [6.07, 6.45) is 1.57. The Hall–Kier alpha value is -3.17. The Labute approximate surface area is 191 Å². The molecule has 0 aliphatic rings. The summed E-state index contributed by atoms with van der Waals surface area (Å²) in [4.78, 5) is 14.1. The van der Waals surface area contributed by atoms with E-state index in [1.165, 1.54) is 22.3 Å². The van der Waals surface area contributed by atoms with Crippen molar-refractivity contribution in [2.24, 2.45) is 0 Å². The van der Waals surface area contributed by atoms with Crippen molar-refractivity contribution in [3.8, 4) is 5.75 Å². The Kier molecular flexibility index (Phi) is 7.66. The monoisotopic (exact) mass is 474 g/mol. The molecule has 0 unspecified atom stereocenters. The minimum Gasteiger partial charge on any atom is -0.484 e. The highest BCUT2D eigenvalue weighted by atomic mass is 32.2. The third-order valence-electron chi connectivity index (χ3n) is 4.69. The fourth-order valence-corrected chi connectivity index (χ4v) is 5.27. The van der Waals surface area contributed by atoms with E-state index in [0.29, 0.717) is 17.0 Å². The van der Waals surface area contributed by atoms with Gasteiger partial charge >= 0.3 is 0 Å². The molecule has 0 aliphatic heterocycles. The third-order valence-corrected chi connectivity index (χ3v) is 7.85. The Morgan fingerprint density at radius 2 is 1.84 bits per heavy atom. The third kappa shape index (κ3) is 5.54. The van der Waals surface area contributed by atoms with Crippen LogP contribution < -0.4 is 9.04 Å². The van der Waals surface area contributed by atoms with Gasteiger partial charge in [-0.3, -0.25) is 9.10 Å². The molecule has 0 saturated carbocycles. The molecule has 0 spiro atoms. The molecular formula is C23H23FN2O4S2. The number of carbonyl (C=O) groups excluding carboxylic acids is 1. The second-order valence-corrected chi connectivity index (χ2v) is 9.99. The summed E-state index contributed by atoms with van der Waals surface area (Å²) in [5, 5.41) is 1.70. The van der Waals surface area contributed by atoms with Crippen LogP contribution in [0, 0.1) is 5.82 Å². The number of carbonyl (C=O) groups is 1. The van der Waals surface area contributed by atoms with E-state index in [0.717, 1.165) is 11.3 Å². The van der Waals surface area contributed by atoms with Crippen molar-refractivity contribution >= 4 is 33.0 Å². The summed E-state index contributed by atoms with van der Waals surface area (Å²) in [6.45, 7) is 3.76. The molecule has 0 fully saturated rings. The Morgan fingerprint density at radius 3 is 2.47 bits per heavy atom. The maximum absolute atomic E-state index is 13.9. The number of nitrogens with zero attached hydrogens (tertiary/aromatic N) is 2. The number of hydrogen-bond acceptors (Lipinski definition) is 5. The lowest BCUT2D eigenvalue weighted by atomic mass is 10.2. The molecule has 1 heterocycles. The van der Waals surface area contributed by atoms with Crippen molar-refractivity contribution in [1.82, 2.24) is 4.90 Å². The predicted molar refractivity (Wildman–Crippen MR) is 124 cm³/mol. The molecule has 0 radical (unpaired) electrons. The standard InChI is InChI=1S/C23H23FN2O4S2/c1-3-14-26(16-18-7-4-5-8-21(18)24)22(27)17-30-20-12-10-19(11-13-20)25(2)32(28,29)23-9-6-15-31-23/h3-13,15H,1,14,16-17H2,2H3. The Bertz CT molecular complexity index is 1160. The normalized spacial score (nSPS) is 11.1. The van der Waals surface area contributed by atoms with Crippen LogP contribution in [-0.2, 0) is 21.4 Å². The second-order valence-electron chi connectivity index (χ2n) is 6.84. The van der Waals surface area contributed by atoms with Crippen molar-refractivity contribution in [2.45, 2.75) is 10.8 Å². The van der Waals surface area contributed by atoms with E-state index in [4.69, 9.17) is 4.74 Å². The maximum Gasteiger partial charge on any atom is 0.273 e. The van der Waals surface area contributed by atoms with E-state index < -0.39 is 10.0 Å². The first-order valence-corrected chi connectivity index (χ1v) is 12.0. The fourth-order valence-electron chi connectivity index (χ4n) is 2.92. The summed E-state index contributed by atoms with van der Waals surface area (Å²) in [7, 11) is -2.15. The first kappa shape index (κ1) is 23.5. The van der Waals surface area contributed by atoms with Crippen LogP contribution in [0.5, 0.6) is 5.75 Å². The maximum atomic E-state index is 13.9. The number of benzene rings is 2. The summed E-state index contributed by atoms with van der Waals surface area (Å²) in [5.74, 6) is -0.296. The van der Waals surface area contributed by atoms with Crippen LogP contribution in [0.25, 0.3) is 0 Å². The molecule has 32 heavy (non-hydrogen) atoms. The van der Waals surface area contributed by atoms with Gasteiger partial charge in [-0.25, -0.2) is 12.8 Å². The zero-order valence-corrected chi connectivity index (χ0v) is 19.1. The van der Waals surface area contributed by atoms with Gasteiger partial charge in [-0.2, -0.15) is 0 Å². The van der Waals surface area contributed by atoms with E-state index in [2.05, 4.69) is 6.58 Å². The lowest BCUT2D eigenvalue weighted by Gasteiger charge is -2.22. The molecule has 9 heteroatoms. The van der Waals surface area contributed by atoms with Gasteiger partial charge in [-0.1, -0.05) is 30.3 Å². The molecule has 1 aromatic heterocycles. The highest BCUT2D eigenvalue weighted by Gasteiger charge is 2.22. The van der Waals surface area contributed by atoms with Gasteiger partial charge in [0.05, 0.1) is 5.69 Å². The molecule has 0 N–H and O–H groups in total. The number of halogens is 1. The van der Waals surface area contributed by atoms with Gasteiger partial charge in [-0.05, 0) is 41.8 Å². The first-order valence-electron chi connectivity index (χ1n) is 9.70.